The number of thioether (sulfide) groups is 1. The van der Waals surface area contributed by atoms with Crippen LogP contribution in [0.4, 0.5) is 5.69 Å². The highest BCUT2D eigenvalue weighted by Gasteiger charge is 2.18. The number of nitro groups is 1. The average molecular weight is 265 g/mol. The second-order valence-electron chi connectivity index (χ2n) is 3.83. The molecule has 0 spiro atoms. The average Bonchev–Trinajstić information content (AvgIpc) is 2.75. The van der Waals surface area contributed by atoms with Gasteiger partial charge in [0, 0.05) is 22.9 Å². The first-order valence-corrected chi connectivity index (χ1v) is 6.21. The Morgan fingerprint density at radius 3 is 2.67 bits per heavy atom. The maximum Gasteiger partial charge on any atom is 0.269 e. The summed E-state index contributed by atoms with van der Waals surface area (Å²) in [6.07, 6.45) is 0. The Kier molecular flexibility index (Phi) is 3.61. The summed E-state index contributed by atoms with van der Waals surface area (Å²) < 4.78 is 0. The first-order valence-electron chi connectivity index (χ1n) is 5.33. The highest BCUT2D eigenvalue weighted by atomic mass is 32.2. The summed E-state index contributed by atoms with van der Waals surface area (Å²) >= 11 is 1.51. The van der Waals surface area contributed by atoms with E-state index in [1.807, 2.05) is 6.92 Å². The predicted octanol–water partition coefficient (Wildman–Crippen LogP) is 1.82. The van der Waals surface area contributed by atoms with Gasteiger partial charge in [0.25, 0.3) is 11.6 Å². The van der Waals surface area contributed by atoms with E-state index >= 15 is 0 Å². The number of hydrogen-bond donors (Lipinski definition) is 1. The molecule has 1 amide bonds. The lowest BCUT2D eigenvalue weighted by Gasteiger charge is -2.04. The van der Waals surface area contributed by atoms with Gasteiger partial charge in [-0.05, 0) is 12.1 Å². The number of non-ortho nitro benzene ring substituents is 1. The first kappa shape index (κ1) is 12.6. The third-order valence-corrected chi connectivity index (χ3v) is 3.37. The minimum absolute atomic E-state index is 0.0345. The zero-order valence-corrected chi connectivity index (χ0v) is 10.4. The fraction of sp³-hybridized carbons (Fsp3) is 0.273. The molecule has 1 aliphatic heterocycles. The molecule has 1 unspecified atom stereocenters. The van der Waals surface area contributed by atoms with E-state index in [1.165, 1.54) is 36.0 Å². The Morgan fingerprint density at radius 1 is 1.50 bits per heavy atom. The molecule has 1 heterocycles. The third-order valence-electron chi connectivity index (χ3n) is 2.37. The molecule has 0 aromatic heterocycles. The molecule has 0 radical (unpaired) electrons. The normalized spacial score (nSPS) is 18.3. The van der Waals surface area contributed by atoms with Gasteiger partial charge in [0.2, 0.25) is 0 Å². The molecule has 6 nitrogen and oxygen atoms in total. The zero-order chi connectivity index (χ0) is 13.1. The van der Waals surface area contributed by atoms with Crippen LogP contribution in [0.1, 0.15) is 17.3 Å². The summed E-state index contributed by atoms with van der Waals surface area (Å²) in [5.41, 5.74) is 0.344. The minimum atomic E-state index is -0.500. The van der Waals surface area contributed by atoms with Crippen LogP contribution in [0.5, 0.6) is 0 Å². The van der Waals surface area contributed by atoms with Gasteiger partial charge in [-0.25, -0.2) is 0 Å². The standard InChI is InChI=1S/C11H11N3O3S/c1-7-6-12-11(18-7)13-10(15)8-2-4-9(5-3-8)14(16)17/h2-5,7H,6H2,1H3,(H,12,13,15). The highest BCUT2D eigenvalue weighted by Crippen LogP contribution is 2.19. The molecular weight excluding hydrogens is 254 g/mol. The molecule has 0 aliphatic carbocycles. The predicted molar refractivity (Wildman–Crippen MR) is 69.9 cm³/mol. The van der Waals surface area contributed by atoms with Crippen molar-refractivity contribution in [3.05, 3.63) is 39.9 Å². The number of carbonyl (C=O) groups is 1. The fourth-order valence-corrected chi connectivity index (χ4v) is 2.28. The van der Waals surface area contributed by atoms with E-state index in [0.29, 0.717) is 22.5 Å². The van der Waals surface area contributed by atoms with Crippen LogP contribution in [0.3, 0.4) is 0 Å². The van der Waals surface area contributed by atoms with E-state index < -0.39 is 4.92 Å². The van der Waals surface area contributed by atoms with E-state index in [1.54, 1.807) is 0 Å². The van der Waals surface area contributed by atoms with Crippen LogP contribution in [0.15, 0.2) is 29.3 Å². The molecular formula is C11H11N3O3S. The number of amidine groups is 1. The van der Waals surface area contributed by atoms with E-state index in [2.05, 4.69) is 10.3 Å². The maximum absolute atomic E-state index is 11.8. The molecule has 1 aromatic rings. The molecule has 1 N–H and O–H groups in total. The van der Waals surface area contributed by atoms with E-state index in [-0.39, 0.29) is 11.6 Å². The number of aliphatic imine (C=N–C) groups is 1. The Morgan fingerprint density at radius 2 is 2.17 bits per heavy atom. The number of rotatable bonds is 2. The van der Waals surface area contributed by atoms with Crippen LogP contribution < -0.4 is 5.32 Å². The summed E-state index contributed by atoms with van der Waals surface area (Å²) in [6.45, 7) is 2.72. The number of carbonyl (C=O) groups excluding carboxylic acids is 1. The lowest BCUT2D eigenvalue weighted by atomic mass is 10.2. The summed E-state index contributed by atoms with van der Waals surface area (Å²) in [4.78, 5) is 26.0. The van der Waals surface area contributed by atoms with Crippen molar-refractivity contribution in [2.75, 3.05) is 6.54 Å². The van der Waals surface area contributed by atoms with Crippen LogP contribution in [0.25, 0.3) is 0 Å². The molecule has 0 saturated carbocycles. The molecule has 1 aromatic carbocycles. The van der Waals surface area contributed by atoms with Crippen molar-refractivity contribution in [3.63, 3.8) is 0 Å². The minimum Gasteiger partial charge on any atom is -0.301 e. The van der Waals surface area contributed by atoms with Gasteiger partial charge in [-0.15, -0.1) is 0 Å². The Hall–Kier alpha value is -1.89. The van der Waals surface area contributed by atoms with Crippen molar-refractivity contribution in [1.29, 1.82) is 0 Å². The topological polar surface area (TPSA) is 84.6 Å². The van der Waals surface area contributed by atoms with Crippen LogP contribution in [-0.4, -0.2) is 27.8 Å². The third kappa shape index (κ3) is 2.86. The molecule has 7 heteroatoms. The number of hydrogen-bond acceptors (Lipinski definition) is 5. The van der Waals surface area contributed by atoms with Crippen molar-refractivity contribution < 1.29 is 9.72 Å². The largest absolute Gasteiger partial charge is 0.301 e. The van der Waals surface area contributed by atoms with Gasteiger partial charge in [0.05, 0.1) is 11.5 Å². The lowest BCUT2D eigenvalue weighted by molar-refractivity contribution is -0.384. The van der Waals surface area contributed by atoms with E-state index in [4.69, 9.17) is 0 Å². The number of amides is 1. The fourth-order valence-electron chi connectivity index (χ4n) is 1.45. The first-order chi connectivity index (χ1) is 8.56. The Bertz CT molecular complexity index is 513. The van der Waals surface area contributed by atoms with Crippen LogP contribution in [0, 0.1) is 10.1 Å². The van der Waals surface area contributed by atoms with Gasteiger partial charge in [-0.1, -0.05) is 18.7 Å². The number of nitrogens with one attached hydrogen (secondary N) is 1. The summed E-state index contributed by atoms with van der Waals surface area (Å²) in [5, 5.41) is 14.1. The Labute approximate surface area is 108 Å². The molecule has 0 saturated heterocycles. The highest BCUT2D eigenvalue weighted by molar-refractivity contribution is 8.14. The molecule has 94 valence electrons. The number of nitro benzene ring substituents is 1. The van der Waals surface area contributed by atoms with Gasteiger partial charge in [0.1, 0.15) is 0 Å². The number of nitrogens with zero attached hydrogens (tertiary/aromatic N) is 2. The molecule has 0 bridgehead atoms. The molecule has 1 aliphatic rings. The summed E-state index contributed by atoms with van der Waals surface area (Å²) in [5.74, 6) is -0.301. The summed E-state index contributed by atoms with van der Waals surface area (Å²) in [6, 6.07) is 5.47. The van der Waals surface area contributed by atoms with E-state index in [9.17, 15) is 14.9 Å². The number of benzene rings is 1. The van der Waals surface area contributed by atoms with Gasteiger partial charge in [-0.3, -0.25) is 19.9 Å². The van der Waals surface area contributed by atoms with Crippen molar-refractivity contribution in [2.24, 2.45) is 4.99 Å². The monoisotopic (exact) mass is 265 g/mol. The van der Waals surface area contributed by atoms with Gasteiger partial charge in [-0.2, -0.15) is 0 Å². The smallest absolute Gasteiger partial charge is 0.269 e. The lowest BCUT2D eigenvalue weighted by Crippen LogP contribution is -2.27. The molecule has 2 rings (SSSR count). The second-order valence-corrected chi connectivity index (χ2v) is 5.26. The van der Waals surface area contributed by atoms with Gasteiger partial charge < -0.3 is 5.32 Å². The molecule has 0 fully saturated rings. The SMILES string of the molecule is CC1CN=C(NC(=O)c2ccc([N+](=O)[O-])cc2)S1. The molecule has 1 atom stereocenters. The van der Waals surface area contributed by atoms with E-state index in [0.717, 1.165) is 0 Å². The second kappa shape index (κ2) is 5.18. The van der Waals surface area contributed by atoms with Crippen LogP contribution >= 0.6 is 11.8 Å². The maximum atomic E-state index is 11.8. The van der Waals surface area contributed by atoms with Gasteiger partial charge >= 0.3 is 0 Å². The summed E-state index contributed by atoms with van der Waals surface area (Å²) in [7, 11) is 0. The van der Waals surface area contributed by atoms with Crippen molar-refractivity contribution in [1.82, 2.24) is 5.32 Å². The van der Waals surface area contributed by atoms with Crippen molar-refractivity contribution in [3.8, 4) is 0 Å². The molecule has 18 heavy (non-hydrogen) atoms. The van der Waals surface area contributed by atoms with Crippen molar-refractivity contribution in [2.45, 2.75) is 12.2 Å². The zero-order valence-electron chi connectivity index (χ0n) is 9.62. The quantitative estimate of drug-likeness (QED) is 0.653. The van der Waals surface area contributed by atoms with Crippen LogP contribution in [0.2, 0.25) is 0 Å². The Balaban J connectivity index is 2.03. The van der Waals surface area contributed by atoms with Crippen molar-refractivity contribution >= 4 is 28.5 Å². The van der Waals surface area contributed by atoms with Crippen LogP contribution in [-0.2, 0) is 0 Å². The van der Waals surface area contributed by atoms with Gasteiger partial charge in [0.15, 0.2) is 5.17 Å².